The van der Waals surface area contributed by atoms with Gasteiger partial charge in [-0.05, 0) is 30.2 Å². The standard InChI is InChI=1S/C24H26ClN3O6/c1-5-10-34-19-12-16(25)15(11-18(19)32-3)21-20(13(2)26-24(31)28-21)22(29)27-17-9-7-6-8-14(17)23(30)33-4/h6-9,11-12,20-21H,2,5,10H2,1,3-4H3,(H,27,29)(H2,26,28,31)/t20-,21+/m1/s1. The molecule has 0 saturated carbocycles. The molecule has 9 nitrogen and oxygen atoms in total. The second-order valence-corrected chi connectivity index (χ2v) is 7.89. The van der Waals surface area contributed by atoms with Crippen LogP contribution < -0.4 is 25.4 Å². The predicted molar refractivity (Wildman–Crippen MR) is 127 cm³/mol. The first kappa shape index (κ1) is 24.9. The summed E-state index contributed by atoms with van der Waals surface area (Å²) in [5.74, 6) is -1.23. The lowest BCUT2D eigenvalue weighted by molar-refractivity contribution is -0.119. The Morgan fingerprint density at radius 2 is 1.91 bits per heavy atom. The number of nitrogens with one attached hydrogen (secondary N) is 3. The van der Waals surface area contributed by atoms with Crippen molar-refractivity contribution in [3.63, 3.8) is 0 Å². The average molecular weight is 488 g/mol. The molecule has 1 saturated heterocycles. The lowest BCUT2D eigenvalue weighted by atomic mass is 9.87. The molecule has 3 rings (SSSR count). The van der Waals surface area contributed by atoms with Crippen molar-refractivity contribution in [3.05, 3.63) is 64.8 Å². The van der Waals surface area contributed by atoms with Crippen LogP contribution >= 0.6 is 11.6 Å². The summed E-state index contributed by atoms with van der Waals surface area (Å²) in [4.78, 5) is 37.8. The first-order valence-corrected chi connectivity index (χ1v) is 10.9. The molecule has 3 amide bonds. The molecular formula is C24H26ClN3O6. The summed E-state index contributed by atoms with van der Waals surface area (Å²) in [6.07, 6.45) is 0.794. The van der Waals surface area contributed by atoms with E-state index in [0.29, 0.717) is 23.7 Å². The van der Waals surface area contributed by atoms with Crippen molar-refractivity contribution in [3.8, 4) is 11.5 Å². The molecule has 0 aromatic heterocycles. The van der Waals surface area contributed by atoms with Crippen molar-refractivity contribution < 1.29 is 28.6 Å². The molecule has 34 heavy (non-hydrogen) atoms. The van der Waals surface area contributed by atoms with E-state index in [9.17, 15) is 14.4 Å². The van der Waals surface area contributed by atoms with Crippen LogP contribution in [0.3, 0.4) is 0 Å². The van der Waals surface area contributed by atoms with Crippen LogP contribution in [0.2, 0.25) is 5.02 Å². The third-order valence-electron chi connectivity index (χ3n) is 5.22. The summed E-state index contributed by atoms with van der Waals surface area (Å²) in [7, 11) is 2.74. The van der Waals surface area contributed by atoms with Crippen molar-refractivity contribution in [2.75, 3.05) is 26.1 Å². The van der Waals surface area contributed by atoms with E-state index in [1.54, 1.807) is 30.3 Å². The maximum atomic E-state index is 13.4. The molecule has 0 spiro atoms. The van der Waals surface area contributed by atoms with Gasteiger partial charge in [0.15, 0.2) is 11.5 Å². The fourth-order valence-corrected chi connectivity index (χ4v) is 3.89. The maximum Gasteiger partial charge on any atom is 0.339 e. The quantitative estimate of drug-likeness (QED) is 0.484. The van der Waals surface area contributed by atoms with Gasteiger partial charge in [-0.1, -0.05) is 37.2 Å². The smallest absolute Gasteiger partial charge is 0.339 e. The zero-order valence-electron chi connectivity index (χ0n) is 19.1. The molecule has 2 aromatic rings. The van der Waals surface area contributed by atoms with Crippen molar-refractivity contribution in [2.45, 2.75) is 19.4 Å². The Morgan fingerprint density at radius 1 is 1.18 bits per heavy atom. The molecule has 180 valence electrons. The van der Waals surface area contributed by atoms with Crippen molar-refractivity contribution in [2.24, 2.45) is 5.92 Å². The van der Waals surface area contributed by atoms with E-state index in [-0.39, 0.29) is 22.0 Å². The Balaban J connectivity index is 1.99. The van der Waals surface area contributed by atoms with Gasteiger partial charge in [-0.25, -0.2) is 9.59 Å². The fraction of sp³-hybridized carbons (Fsp3) is 0.292. The largest absolute Gasteiger partial charge is 0.493 e. The number of carbonyl (C=O) groups is 3. The maximum absolute atomic E-state index is 13.4. The summed E-state index contributed by atoms with van der Waals surface area (Å²) in [6.45, 7) is 6.31. The summed E-state index contributed by atoms with van der Waals surface area (Å²) in [5, 5.41) is 8.29. The first-order valence-electron chi connectivity index (χ1n) is 10.5. The summed E-state index contributed by atoms with van der Waals surface area (Å²) >= 11 is 6.55. The highest BCUT2D eigenvalue weighted by Crippen LogP contribution is 2.40. The van der Waals surface area contributed by atoms with Crippen LogP contribution in [0.25, 0.3) is 0 Å². The Labute approximate surface area is 202 Å². The molecule has 0 radical (unpaired) electrons. The summed E-state index contributed by atoms with van der Waals surface area (Å²) in [6, 6.07) is 8.25. The van der Waals surface area contributed by atoms with Gasteiger partial charge < -0.3 is 30.2 Å². The molecule has 2 aromatic carbocycles. The van der Waals surface area contributed by atoms with E-state index in [1.807, 2.05) is 6.92 Å². The normalized spacial score (nSPS) is 17.3. The molecule has 1 fully saturated rings. The number of rotatable bonds is 8. The van der Waals surface area contributed by atoms with Crippen LogP contribution in [0.15, 0.2) is 48.7 Å². The zero-order chi connectivity index (χ0) is 24.8. The van der Waals surface area contributed by atoms with Crippen LogP contribution in [0.1, 0.15) is 35.3 Å². The second-order valence-electron chi connectivity index (χ2n) is 7.48. The molecule has 2 atom stereocenters. The fourth-order valence-electron chi connectivity index (χ4n) is 3.62. The first-order chi connectivity index (χ1) is 16.3. The Hall–Kier alpha value is -3.72. The molecule has 1 aliphatic rings. The summed E-state index contributed by atoms with van der Waals surface area (Å²) < 4.78 is 15.9. The number of para-hydroxylation sites is 1. The highest BCUT2D eigenvalue weighted by molar-refractivity contribution is 6.31. The lowest BCUT2D eigenvalue weighted by Gasteiger charge is -2.34. The number of carbonyl (C=O) groups excluding carboxylic acids is 3. The van der Waals surface area contributed by atoms with Crippen molar-refractivity contribution in [1.29, 1.82) is 0 Å². The second kappa shape index (κ2) is 10.9. The Bertz CT molecular complexity index is 1120. The minimum absolute atomic E-state index is 0.170. The number of hydrogen-bond acceptors (Lipinski definition) is 6. The molecule has 1 aliphatic heterocycles. The average Bonchev–Trinajstić information content (AvgIpc) is 2.82. The van der Waals surface area contributed by atoms with E-state index in [2.05, 4.69) is 22.5 Å². The molecule has 0 unspecified atom stereocenters. The van der Waals surface area contributed by atoms with E-state index < -0.39 is 29.9 Å². The van der Waals surface area contributed by atoms with Crippen molar-refractivity contribution in [1.82, 2.24) is 10.6 Å². The van der Waals surface area contributed by atoms with Gasteiger partial charge in [0, 0.05) is 16.8 Å². The van der Waals surface area contributed by atoms with E-state index in [4.69, 9.17) is 25.8 Å². The SMILES string of the molecule is C=C1NC(=O)N[C@@H](c2cc(OC)c(OCCC)cc2Cl)[C@@H]1C(=O)Nc1ccccc1C(=O)OC. The Morgan fingerprint density at radius 3 is 2.59 bits per heavy atom. The zero-order valence-corrected chi connectivity index (χ0v) is 19.8. The number of anilines is 1. The van der Waals surface area contributed by atoms with Crippen LogP contribution in [-0.2, 0) is 9.53 Å². The number of amides is 3. The number of halogens is 1. The van der Waals surface area contributed by atoms with E-state index in [0.717, 1.165) is 6.42 Å². The molecule has 10 heteroatoms. The molecule has 0 bridgehead atoms. The van der Waals surface area contributed by atoms with E-state index >= 15 is 0 Å². The third-order valence-corrected chi connectivity index (χ3v) is 5.55. The van der Waals surface area contributed by atoms with E-state index in [1.165, 1.54) is 20.3 Å². The minimum atomic E-state index is -0.965. The van der Waals surface area contributed by atoms with Gasteiger partial charge in [0.25, 0.3) is 0 Å². The van der Waals surface area contributed by atoms with Gasteiger partial charge in [-0.2, -0.15) is 0 Å². The van der Waals surface area contributed by atoms with Crippen LogP contribution in [0.4, 0.5) is 10.5 Å². The number of esters is 1. The van der Waals surface area contributed by atoms with Crippen molar-refractivity contribution >= 4 is 35.2 Å². The van der Waals surface area contributed by atoms with Gasteiger partial charge in [0.1, 0.15) is 5.92 Å². The van der Waals surface area contributed by atoms with Gasteiger partial charge in [-0.3, -0.25) is 4.79 Å². The van der Waals surface area contributed by atoms with Gasteiger partial charge in [-0.15, -0.1) is 0 Å². The molecular weight excluding hydrogens is 462 g/mol. The van der Waals surface area contributed by atoms with Gasteiger partial charge in [0.05, 0.1) is 38.1 Å². The number of hydrogen-bond donors (Lipinski definition) is 3. The number of ether oxygens (including phenoxy) is 3. The molecule has 3 N–H and O–H groups in total. The highest BCUT2D eigenvalue weighted by Gasteiger charge is 2.39. The highest BCUT2D eigenvalue weighted by atomic mass is 35.5. The number of urea groups is 1. The topological polar surface area (TPSA) is 115 Å². The Kier molecular flexibility index (Phi) is 8.01. The molecule has 0 aliphatic carbocycles. The monoisotopic (exact) mass is 487 g/mol. The number of benzene rings is 2. The minimum Gasteiger partial charge on any atom is -0.493 e. The molecule has 1 heterocycles. The van der Waals surface area contributed by atoms with Crippen LogP contribution in [0, 0.1) is 5.92 Å². The van der Waals surface area contributed by atoms with Gasteiger partial charge in [0.2, 0.25) is 5.91 Å². The van der Waals surface area contributed by atoms with Crippen LogP contribution in [0.5, 0.6) is 11.5 Å². The summed E-state index contributed by atoms with van der Waals surface area (Å²) in [5.41, 5.74) is 1.06. The van der Waals surface area contributed by atoms with Gasteiger partial charge >= 0.3 is 12.0 Å². The predicted octanol–water partition coefficient (Wildman–Crippen LogP) is 4.05. The lowest BCUT2D eigenvalue weighted by Crippen LogP contribution is -2.52. The van der Waals surface area contributed by atoms with Crippen LogP contribution in [-0.4, -0.2) is 38.7 Å². The number of methoxy groups -OCH3 is 2. The third kappa shape index (κ3) is 5.26.